The van der Waals surface area contributed by atoms with Crippen molar-refractivity contribution in [2.24, 2.45) is 0 Å². The minimum atomic E-state index is -0.344. The van der Waals surface area contributed by atoms with Gasteiger partial charge in [-0.1, -0.05) is 24.6 Å². The molecule has 112 valence electrons. The molecule has 0 saturated heterocycles. The normalized spacial score (nSPS) is 12.2. The van der Waals surface area contributed by atoms with E-state index in [1.54, 1.807) is 31.5 Å². The Kier molecular flexibility index (Phi) is 5.53. The van der Waals surface area contributed by atoms with Crippen LogP contribution in [-0.2, 0) is 0 Å². The van der Waals surface area contributed by atoms with E-state index in [0.717, 1.165) is 18.5 Å². The topological polar surface area (TPSA) is 34.2 Å². The summed E-state index contributed by atoms with van der Waals surface area (Å²) in [5.41, 5.74) is 1.39. The molecule has 0 saturated carbocycles. The van der Waals surface area contributed by atoms with Crippen LogP contribution in [0.2, 0.25) is 5.02 Å². The molecule has 0 spiro atoms. The Bertz CT molecular complexity index is 607. The van der Waals surface area contributed by atoms with E-state index >= 15 is 0 Å². The van der Waals surface area contributed by atoms with Crippen LogP contribution >= 0.6 is 11.6 Å². The Morgan fingerprint density at radius 1 is 1.33 bits per heavy atom. The van der Waals surface area contributed by atoms with Gasteiger partial charge in [0.15, 0.2) is 0 Å². The summed E-state index contributed by atoms with van der Waals surface area (Å²) < 4.78 is 19.5. The molecule has 0 fully saturated rings. The fourth-order valence-corrected chi connectivity index (χ4v) is 2.38. The molecule has 1 aromatic heterocycles. The molecule has 3 nitrogen and oxygen atoms in total. The maximum atomic E-state index is 14.1. The maximum absolute atomic E-state index is 14.1. The van der Waals surface area contributed by atoms with Crippen LogP contribution in [0, 0.1) is 5.82 Å². The van der Waals surface area contributed by atoms with Crippen molar-refractivity contribution in [3.8, 4) is 5.75 Å². The molecule has 0 aliphatic rings. The smallest absolute Gasteiger partial charge is 0.146 e. The minimum Gasteiger partial charge on any atom is -0.496 e. The van der Waals surface area contributed by atoms with Gasteiger partial charge in [-0.15, -0.1) is 0 Å². The van der Waals surface area contributed by atoms with E-state index in [-0.39, 0.29) is 11.9 Å². The van der Waals surface area contributed by atoms with E-state index in [4.69, 9.17) is 16.3 Å². The van der Waals surface area contributed by atoms with Crippen LogP contribution in [0.15, 0.2) is 36.7 Å². The summed E-state index contributed by atoms with van der Waals surface area (Å²) in [6, 6.07) is 6.74. The van der Waals surface area contributed by atoms with Gasteiger partial charge in [-0.3, -0.25) is 4.98 Å². The van der Waals surface area contributed by atoms with Crippen molar-refractivity contribution >= 4 is 11.6 Å². The van der Waals surface area contributed by atoms with Gasteiger partial charge in [-0.05, 0) is 31.2 Å². The van der Waals surface area contributed by atoms with Gasteiger partial charge < -0.3 is 10.1 Å². The zero-order chi connectivity index (χ0) is 15.2. The van der Waals surface area contributed by atoms with Gasteiger partial charge in [0.25, 0.3) is 0 Å². The molecule has 0 aliphatic heterocycles. The lowest BCUT2D eigenvalue weighted by molar-refractivity contribution is 0.402. The van der Waals surface area contributed by atoms with E-state index < -0.39 is 0 Å². The first-order valence-corrected chi connectivity index (χ1v) is 7.21. The zero-order valence-corrected chi connectivity index (χ0v) is 12.8. The van der Waals surface area contributed by atoms with Crippen molar-refractivity contribution in [2.45, 2.75) is 19.4 Å². The van der Waals surface area contributed by atoms with Crippen LogP contribution in [-0.4, -0.2) is 18.6 Å². The summed E-state index contributed by atoms with van der Waals surface area (Å²) in [5, 5.41) is 3.93. The lowest BCUT2D eigenvalue weighted by atomic mass is 9.98. The molecule has 2 aromatic rings. The van der Waals surface area contributed by atoms with Crippen LogP contribution in [0.3, 0.4) is 0 Å². The highest BCUT2D eigenvalue weighted by molar-refractivity contribution is 6.30. The van der Waals surface area contributed by atoms with Gasteiger partial charge in [-0.2, -0.15) is 0 Å². The van der Waals surface area contributed by atoms with Crippen LogP contribution < -0.4 is 10.1 Å². The number of halogens is 2. The SMILES string of the molecule is CCCNC(c1ccncc1F)c1ccc(Cl)cc1OC. The third kappa shape index (κ3) is 3.71. The molecule has 1 aromatic carbocycles. The molecule has 1 atom stereocenters. The number of nitrogens with zero attached hydrogens (tertiary/aromatic N) is 1. The first-order valence-electron chi connectivity index (χ1n) is 6.83. The molecule has 0 bridgehead atoms. The lowest BCUT2D eigenvalue weighted by Gasteiger charge is -2.22. The fourth-order valence-electron chi connectivity index (χ4n) is 2.22. The first-order chi connectivity index (χ1) is 10.2. The van der Waals surface area contributed by atoms with Crippen molar-refractivity contribution in [3.63, 3.8) is 0 Å². The molecule has 5 heteroatoms. The van der Waals surface area contributed by atoms with E-state index in [2.05, 4.69) is 17.2 Å². The monoisotopic (exact) mass is 308 g/mol. The van der Waals surface area contributed by atoms with Crippen molar-refractivity contribution in [1.29, 1.82) is 0 Å². The van der Waals surface area contributed by atoms with Gasteiger partial charge in [0, 0.05) is 22.3 Å². The van der Waals surface area contributed by atoms with Gasteiger partial charge in [0.05, 0.1) is 19.3 Å². The molecular formula is C16H18ClFN2O. The quantitative estimate of drug-likeness (QED) is 0.876. The van der Waals surface area contributed by atoms with E-state index in [9.17, 15) is 4.39 Å². The van der Waals surface area contributed by atoms with Crippen molar-refractivity contribution in [2.75, 3.05) is 13.7 Å². The molecule has 1 N–H and O–H groups in total. The van der Waals surface area contributed by atoms with Gasteiger partial charge in [-0.25, -0.2) is 4.39 Å². The van der Waals surface area contributed by atoms with Crippen molar-refractivity contribution < 1.29 is 9.13 Å². The Balaban J connectivity index is 2.48. The van der Waals surface area contributed by atoms with Gasteiger partial charge >= 0.3 is 0 Å². The predicted octanol–water partition coefficient (Wildman–Crippen LogP) is 3.97. The summed E-state index contributed by atoms with van der Waals surface area (Å²) in [6.45, 7) is 2.82. The summed E-state index contributed by atoms with van der Waals surface area (Å²) in [4.78, 5) is 3.80. The zero-order valence-electron chi connectivity index (χ0n) is 12.1. The summed E-state index contributed by atoms with van der Waals surface area (Å²) in [6.07, 6.45) is 3.75. The fraction of sp³-hybridized carbons (Fsp3) is 0.312. The number of nitrogens with one attached hydrogen (secondary N) is 1. The number of hydrogen-bond donors (Lipinski definition) is 1. The number of rotatable bonds is 6. The molecular weight excluding hydrogens is 291 g/mol. The standard InChI is InChI=1S/C16H18ClFN2O/c1-3-7-20-16(12-6-8-19-10-14(12)18)13-5-4-11(17)9-15(13)21-2/h4-6,8-10,16,20H,3,7H2,1-2H3. The number of benzene rings is 1. The average molecular weight is 309 g/mol. The van der Waals surface area contributed by atoms with E-state index in [1.807, 2.05) is 6.07 Å². The maximum Gasteiger partial charge on any atom is 0.146 e. The van der Waals surface area contributed by atoms with Crippen LogP contribution in [0.5, 0.6) is 5.75 Å². The predicted molar refractivity (Wildman–Crippen MR) is 82.3 cm³/mol. The van der Waals surface area contributed by atoms with Crippen LogP contribution in [0.1, 0.15) is 30.5 Å². The van der Waals surface area contributed by atoms with Gasteiger partial charge in [0.2, 0.25) is 0 Å². The molecule has 2 rings (SSSR count). The summed E-state index contributed by atoms with van der Waals surface area (Å²) >= 11 is 6.00. The highest BCUT2D eigenvalue weighted by Gasteiger charge is 2.21. The van der Waals surface area contributed by atoms with Crippen LogP contribution in [0.25, 0.3) is 0 Å². The van der Waals surface area contributed by atoms with E-state index in [0.29, 0.717) is 16.3 Å². The molecule has 1 heterocycles. The second kappa shape index (κ2) is 7.38. The van der Waals surface area contributed by atoms with E-state index in [1.165, 1.54) is 6.20 Å². The largest absolute Gasteiger partial charge is 0.496 e. The number of aromatic nitrogens is 1. The average Bonchev–Trinajstić information content (AvgIpc) is 2.50. The highest BCUT2D eigenvalue weighted by Crippen LogP contribution is 2.33. The Labute approximate surface area is 129 Å². The van der Waals surface area contributed by atoms with Crippen molar-refractivity contribution in [1.82, 2.24) is 10.3 Å². The first kappa shape index (κ1) is 15.7. The minimum absolute atomic E-state index is 0.305. The molecule has 21 heavy (non-hydrogen) atoms. The van der Waals surface area contributed by atoms with Crippen LogP contribution in [0.4, 0.5) is 4.39 Å². The Hall–Kier alpha value is -1.65. The molecule has 0 aliphatic carbocycles. The third-order valence-corrected chi connectivity index (χ3v) is 3.45. The second-order valence-corrected chi connectivity index (χ2v) is 5.11. The second-order valence-electron chi connectivity index (χ2n) is 4.67. The Morgan fingerprint density at radius 2 is 2.14 bits per heavy atom. The molecule has 1 unspecified atom stereocenters. The summed E-state index contributed by atoms with van der Waals surface area (Å²) in [7, 11) is 1.58. The molecule has 0 radical (unpaired) electrons. The summed E-state index contributed by atoms with van der Waals surface area (Å²) in [5.74, 6) is 0.287. The number of methoxy groups -OCH3 is 1. The third-order valence-electron chi connectivity index (χ3n) is 3.22. The lowest BCUT2D eigenvalue weighted by Crippen LogP contribution is -2.24. The number of ether oxygens (including phenoxy) is 1. The van der Waals surface area contributed by atoms with Crippen molar-refractivity contribution in [3.05, 3.63) is 58.6 Å². The Morgan fingerprint density at radius 3 is 2.81 bits per heavy atom. The number of hydrogen-bond acceptors (Lipinski definition) is 3. The highest BCUT2D eigenvalue weighted by atomic mass is 35.5. The number of pyridine rings is 1. The molecule has 0 amide bonds. The van der Waals surface area contributed by atoms with Gasteiger partial charge in [0.1, 0.15) is 11.6 Å².